The van der Waals surface area contributed by atoms with E-state index >= 15 is 0 Å². The highest BCUT2D eigenvalue weighted by molar-refractivity contribution is 5.70. The number of quaternary nitrogens is 1. The largest absolute Gasteiger partial charge is 0.872 e. The van der Waals surface area contributed by atoms with Gasteiger partial charge >= 0.3 is 0 Å². The minimum absolute atomic E-state index is 0.0670. The molecule has 4 heteroatoms. The third kappa shape index (κ3) is 8.53. The summed E-state index contributed by atoms with van der Waals surface area (Å²) < 4.78 is 0.774. The predicted octanol–water partition coefficient (Wildman–Crippen LogP) is 11.4. The van der Waals surface area contributed by atoms with Crippen molar-refractivity contribution in [2.75, 3.05) is 6.54 Å². The summed E-state index contributed by atoms with van der Waals surface area (Å²) in [7, 11) is 0. The first-order valence-electron chi connectivity index (χ1n) is 18.0. The van der Waals surface area contributed by atoms with E-state index in [0.717, 1.165) is 61.1 Å². The number of phenols is 2. The van der Waals surface area contributed by atoms with E-state index < -0.39 is 0 Å². The average Bonchev–Trinajstić information content (AvgIpc) is 3.13. The molecule has 0 aliphatic heterocycles. The van der Waals surface area contributed by atoms with Crippen molar-refractivity contribution in [3.05, 3.63) is 177 Å². The molecule has 6 aromatic carbocycles. The van der Waals surface area contributed by atoms with Crippen molar-refractivity contribution in [3.63, 3.8) is 0 Å². The fourth-order valence-electron chi connectivity index (χ4n) is 7.20. The Hall–Kier alpha value is -5.32. The summed E-state index contributed by atoms with van der Waals surface area (Å²) in [5.74, 6) is 0.695. The molecule has 0 saturated heterocycles. The van der Waals surface area contributed by atoms with E-state index in [1.54, 1.807) is 0 Å². The summed E-state index contributed by atoms with van der Waals surface area (Å²) in [6, 6.07) is 44.3. The van der Waals surface area contributed by atoms with Crippen molar-refractivity contribution in [1.29, 1.82) is 0 Å². The summed E-state index contributed by atoms with van der Waals surface area (Å²) in [6.45, 7) is 12.8. The molecule has 0 radical (unpaired) electrons. The molecule has 6 aromatic rings. The standard InChI is InChI=1S/C25H28O3.C22H24N/c1-14-6-21(12-19-8-15(2)23(26)16(3)9-19)25(28)22(7-14)13-20-10-17(4)24(27)18(5)11-20;1-2-3-19-23(20-13-7-4-8-14-20,21-15-9-5-10-16-21)22-17-11-6-12-18-22/h6-11,26-28H,12-13H2,1-5H3;4-18H,2-3,19H2,1H3/q;+1/p-1. The number of aromatic hydroxyl groups is 2. The molecule has 0 heterocycles. The van der Waals surface area contributed by atoms with Gasteiger partial charge in [-0.25, -0.2) is 4.48 Å². The Morgan fingerprint density at radius 3 is 1.16 bits per heavy atom. The molecule has 0 amide bonds. The second-order valence-corrected chi connectivity index (χ2v) is 13.8. The van der Waals surface area contributed by atoms with E-state index in [9.17, 15) is 15.3 Å². The number of phenolic OH excluding ortho intramolecular Hbond substituents is 2. The van der Waals surface area contributed by atoms with Crippen LogP contribution in [0.3, 0.4) is 0 Å². The minimum Gasteiger partial charge on any atom is -0.872 e. The third-order valence-corrected chi connectivity index (χ3v) is 9.72. The lowest BCUT2D eigenvalue weighted by molar-refractivity contribution is -0.270. The van der Waals surface area contributed by atoms with Crippen LogP contribution in [0.5, 0.6) is 17.2 Å². The Morgan fingerprint density at radius 1 is 0.510 bits per heavy atom. The van der Waals surface area contributed by atoms with Crippen LogP contribution in [0.1, 0.15) is 69.8 Å². The number of hydrogen-bond donors (Lipinski definition) is 2. The highest BCUT2D eigenvalue weighted by Crippen LogP contribution is 2.43. The van der Waals surface area contributed by atoms with Crippen molar-refractivity contribution in [2.24, 2.45) is 0 Å². The topological polar surface area (TPSA) is 63.5 Å². The molecular formula is C47H51NO3. The highest BCUT2D eigenvalue weighted by atomic mass is 16.3. The van der Waals surface area contributed by atoms with Crippen LogP contribution in [0.15, 0.2) is 127 Å². The molecule has 0 bridgehead atoms. The Labute approximate surface area is 304 Å². The van der Waals surface area contributed by atoms with Crippen molar-refractivity contribution >= 4 is 17.1 Å². The maximum atomic E-state index is 13.1. The molecule has 0 spiro atoms. The van der Waals surface area contributed by atoms with Crippen molar-refractivity contribution in [3.8, 4) is 17.2 Å². The Balaban J connectivity index is 0.000000201. The van der Waals surface area contributed by atoms with Gasteiger partial charge in [0, 0.05) is 0 Å². The van der Waals surface area contributed by atoms with Crippen molar-refractivity contribution in [2.45, 2.75) is 67.2 Å². The van der Waals surface area contributed by atoms with Gasteiger partial charge in [0.2, 0.25) is 0 Å². The predicted molar refractivity (Wildman–Crippen MR) is 212 cm³/mol. The fraction of sp³-hybridized carbons (Fsp3) is 0.234. The SMILES string of the molecule is CCCC[N+](c1ccccc1)(c1ccccc1)c1ccccc1.Cc1cc(Cc2cc(C)c(O)c(C)c2)c([O-])c(Cc2cc(C)c(O)c(C)c2)c1. The van der Waals surface area contributed by atoms with Gasteiger partial charge in [-0.15, -0.1) is 5.75 Å². The van der Waals surface area contributed by atoms with Crippen LogP contribution in [0.25, 0.3) is 0 Å². The zero-order valence-corrected chi connectivity index (χ0v) is 30.9. The monoisotopic (exact) mass is 677 g/mol. The third-order valence-electron chi connectivity index (χ3n) is 9.72. The van der Waals surface area contributed by atoms with Crippen LogP contribution in [-0.4, -0.2) is 16.8 Å². The quantitative estimate of drug-likeness (QED) is 0.142. The first kappa shape index (κ1) is 36.9. The maximum Gasteiger partial charge on any atom is 0.143 e. The number of aryl methyl sites for hydroxylation is 5. The van der Waals surface area contributed by atoms with E-state index in [0.29, 0.717) is 24.3 Å². The van der Waals surface area contributed by atoms with Gasteiger partial charge in [-0.1, -0.05) is 121 Å². The van der Waals surface area contributed by atoms with E-state index in [4.69, 9.17) is 0 Å². The first-order chi connectivity index (χ1) is 24.5. The van der Waals surface area contributed by atoms with Gasteiger partial charge < -0.3 is 15.3 Å². The lowest BCUT2D eigenvalue weighted by Gasteiger charge is -2.37. The van der Waals surface area contributed by atoms with Gasteiger partial charge in [0.25, 0.3) is 0 Å². The number of nitrogens with zero attached hydrogens (tertiary/aromatic N) is 1. The van der Waals surface area contributed by atoms with Gasteiger partial charge in [-0.2, -0.15) is 0 Å². The second kappa shape index (κ2) is 16.6. The smallest absolute Gasteiger partial charge is 0.143 e. The zero-order chi connectivity index (χ0) is 36.5. The summed E-state index contributed by atoms with van der Waals surface area (Å²) in [4.78, 5) is 0. The Morgan fingerprint density at radius 2 is 0.843 bits per heavy atom. The number of rotatable bonds is 10. The molecule has 0 unspecified atom stereocenters. The van der Waals surface area contributed by atoms with Crippen molar-refractivity contribution < 1.29 is 15.3 Å². The van der Waals surface area contributed by atoms with Gasteiger partial charge in [0.1, 0.15) is 28.6 Å². The van der Waals surface area contributed by atoms with Crippen LogP contribution in [0.4, 0.5) is 17.1 Å². The van der Waals surface area contributed by atoms with Crippen molar-refractivity contribution in [1.82, 2.24) is 4.48 Å². The average molecular weight is 678 g/mol. The maximum absolute atomic E-state index is 13.1. The molecule has 0 saturated carbocycles. The fourth-order valence-corrected chi connectivity index (χ4v) is 7.20. The van der Waals surface area contributed by atoms with Gasteiger partial charge in [0.15, 0.2) is 0 Å². The van der Waals surface area contributed by atoms with E-state index in [-0.39, 0.29) is 5.75 Å². The number of para-hydroxylation sites is 3. The molecule has 0 aliphatic carbocycles. The Kier molecular flexibility index (Phi) is 12.0. The molecule has 0 aromatic heterocycles. The molecule has 51 heavy (non-hydrogen) atoms. The Bertz CT molecular complexity index is 1830. The van der Waals surface area contributed by atoms with Crippen LogP contribution in [0, 0.1) is 34.6 Å². The molecule has 0 fully saturated rings. The van der Waals surface area contributed by atoms with E-state index in [1.165, 1.54) is 29.9 Å². The van der Waals surface area contributed by atoms with Crippen LogP contribution in [0.2, 0.25) is 0 Å². The lowest BCUT2D eigenvalue weighted by atomic mass is 9.93. The molecule has 0 aliphatic rings. The number of hydrogen-bond acceptors (Lipinski definition) is 3. The molecule has 6 rings (SSSR count). The number of unbranched alkanes of at least 4 members (excludes halogenated alkanes) is 1. The van der Waals surface area contributed by atoms with Gasteiger partial charge in [0.05, 0.1) is 6.54 Å². The first-order valence-corrected chi connectivity index (χ1v) is 18.0. The molecule has 0 atom stereocenters. The molecule has 4 nitrogen and oxygen atoms in total. The van der Waals surface area contributed by atoms with Crippen LogP contribution in [-0.2, 0) is 12.8 Å². The summed E-state index contributed by atoms with van der Waals surface area (Å²) in [6.07, 6.45) is 3.46. The normalized spacial score (nSPS) is 11.2. The summed E-state index contributed by atoms with van der Waals surface area (Å²) >= 11 is 0. The lowest BCUT2D eigenvalue weighted by Crippen LogP contribution is -2.39. The van der Waals surface area contributed by atoms with E-state index in [2.05, 4.69) is 97.9 Å². The second-order valence-electron chi connectivity index (χ2n) is 13.8. The zero-order valence-electron chi connectivity index (χ0n) is 30.9. The summed E-state index contributed by atoms with van der Waals surface area (Å²) in [5, 5.41) is 33.1. The minimum atomic E-state index is 0.0670. The van der Waals surface area contributed by atoms with Gasteiger partial charge in [-0.05, 0) is 124 Å². The summed E-state index contributed by atoms with van der Waals surface area (Å²) in [5.41, 5.74) is 11.9. The molecular weight excluding hydrogens is 627 g/mol. The van der Waals surface area contributed by atoms with E-state index in [1.807, 2.05) is 71.0 Å². The molecule has 262 valence electrons. The highest BCUT2D eigenvalue weighted by Gasteiger charge is 2.35. The van der Waals surface area contributed by atoms with Gasteiger partial charge in [-0.3, -0.25) is 0 Å². The van der Waals surface area contributed by atoms with Crippen LogP contribution >= 0.6 is 0 Å². The number of benzene rings is 6. The molecule has 2 N–H and O–H groups in total. The van der Waals surface area contributed by atoms with Crippen LogP contribution < -0.4 is 9.59 Å².